The number of hydrogen-bond donors (Lipinski definition) is 1. The molecule has 1 N–H and O–H groups in total. The lowest BCUT2D eigenvalue weighted by Crippen LogP contribution is -2.57. The molecule has 21 heavy (non-hydrogen) atoms. The number of piperidine rings is 3. The molecule has 3 aliphatic rings. The van der Waals surface area contributed by atoms with Crippen LogP contribution in [0.3, 0.4) is 0 Å². The van der Waals surface area contributed by atoms with E-state index in [0.29, 0.717) is 11.6 Å². The maximum Gasteiger partial charge on any atom is 0.270 e. The van der Waals surface area contributed by atoms with Crippen LogP contribution in [0.5, 0.6) is 0 Å². The van der Waals surface area contributed by atoms with Crippen LogP contribution >= 0.6 is 15.9 Å². The number of nitrogens with zero attached hydrogens (tertiary/aromatic N) is 3. The fourth-order valence-corrected chi connectivity index (χ4v) is 3.90. The van der Waals surface area contributed by atoms with Gasteiger partial charge in [-0.1, -0.05) is 0 Å². The van der Waals surface area contributed by atoms with E-state index in [1.54, 1.807) is 6.33 Å². The fourth-order valence-electron chi connectivity index (χ4n) is 3.47. The molecule has 1 atom stereocenters. The van der Waals surface area contributed by atoms with Gasteiger partial charge in [0.15, 0.2) is 0 Å². The Morgan fingerprint density at radius 3 is 2.90 bits per heavy atom. The minimum absolute atomic E-state index is 0.0654. The number of carbonyl (C=O) groups is 1. The zero-order chi connectivity index (χ0) is 14.4. The Morgan fingerprint density at radius 1 is 1.38 bits per heavy atom. The van der Waals surface area contributed by atoms with E-state index in [0.717, 1.165) is 16.5 Å². The fraction of sp³-hybridized carbons (Fsp3) is 0.467. The number of aromatic nitrogens is 2. The predicted molar refractivity (Wildman–Crippen MR) is 83.3 cm³/mol. The molecule has 2 aromatic rings. The topological polar surface area (TPSA) is 49.6 Å². The van der Waals surface area contributed by atoms with Crippen molar-refractivity contribution in [1.82, 2.24) is 19.6 Å². The molecule has 1 amide bonds. The minimum atomic E-state index is -0.0654. The van der Waals surface area contributed by atoms with Crippen LogP contribution < -0.4 is 5.32 Å². The van der Waals surface area contributed by atoms with Gasteiger partial charge in [0, 0.05) is 23.3 Å². The van der Waals surface area contributed by atoms with Crippen LogP contribution in [0.4, 0.5) is 0 Å². The van der Waals surface area contributed by atoms with Gasteiger partial charge in [-0.15, -0.1) is 0 Å². The number of halogens is 1. The molecular formula is C15H17BrN4O. The van der Waals surface area contributed by atoms with Crippen LogP contribution in [0.1, 0.15) is 23.3 Å². The van der Waals surface area contributed by atoms with Crippen LogP contribution in [-0.2, 0) is 0 Å². The van der Waals surface area contributed by atoms with Crippen LogP contribution in [0.15, 0.2) is 29.1 Å². The second-order valence-electron chi connectivity index (χ2n) is 5.95. The SMILES string of the molecule is O=C(N[C@H]1CN2CCC1CC2)c1cc2c(Br)ccn2cn1. The molecule has 5 rings (SSSR count). The Balaban J connectivity index is 1.54. The number of nitrogens with one attached hydrogen (secondary N) is 1. The highest BCUT2D eigenvalue weighted by molar-refractivity contribution is 9.10. The highest BCUT2D eigenvalue weighted by Gasteiger charge is 2.35. The molecule has 6 heteroatoms. The van der Waals surface area contributed by atoms with Gasteiger partial charge in [-0.05, 0) is 59.9 Å². The summed E-state index contributed by atoms with van der Waals surface area (Å²) in [5.74, 6) is 0.562. The number of rotatable bonds is 2. The zero-order valence-corrected chi connectivity index (χ0v) is 13.2. The second kappa shape index (κ2) is 5.10. The smallest absolute Gasteiger partial charge is 0.270 e. The summed E-state index contributed by atoms with van der Waals surface area (Å²) in [5, 5.41) is 3.18. The third-order valence-electron chi connectivity index (χ3n) is 4.70. The van der Waals surface area contributed by atoms with Crippen molar-refractivity contribution < 1.29 is 4.79 Å². The van der Waals surface area contributed by atoms with Crippen molar-refractivity contribution in [3.8, 4) is 0 Å². The molecule has 3 aliphatic heterocycles. The van der Waals surface area contributed by atoms with Gasteiger partial charge < -0.3 is 14.6 Å². The lowest BCUT2D eigenvalue weighted by atomic mass is 9.84. The second-order valence-corrected chi connectivity index (χ2v) is 6.80. The summed E-state index contributed by atoms with van der Waals surface area (Å²) < 4.78 is 2.87. The van der Waals surface area contributed by atoms with Crippen LogP contribution in [0, 0.1) is 5.92 Å². The maximum absolute atomic E-state index is 12.4. The Morgan fingerprint density at radius 2 is 2.19 bits per heavy atom. The number of amides is 1. The lowest BCUT2D eigenvalue weighted by molar-refractivity contribution is 0.0617. The summed E-state index contributed by atoms with van der Waals surface area (Å²) in [6.45, 7) is 3.34. The average Bonchev–Trinajstić information content (AvgIpc) is 2.89. The zero-order valence-electron chi connectivity index (χ0n) is 11.6. The highest BCUT2D eigenvalue weighted by atomic mass is 79.9. The first kappa shape index (κ1) is 13.3. The van der Waals surface area contributed by atoms with Crippen molar-refractivity contribution >= 4 is 27.4 Å². The predicted octanol–water partition coefficient (Wildman–Crippen LogP) is 1.92. The van der Waals surface area contributed by atoms with Crippen molar-refractivity contribution in [2.45, 2.75) is 18.9 Å². The van der Waals surface area contributed by atoms with E-state index in [1.165, 1.54) is 25.9 Å². The molecule has 0 aliphatic carbocycles. The van der Waals surface area contributed by atoms with E-state index < -0.39 is 0 Å². The molecule has 3 fully saturated rings. The van der Waals surface area contributed by atoms with Gasteiger partial charge in [-0.3, -0.25) is 4.79 Å². The van der Waals surface area contributed by atoms with E-state index in [1.807, 2.05) is 22.7 Å². The molecule has 0 saturated carbocycles. The van der Waals surface area contributed by atoms with Crippen molar-refractivity contribution in [2.24, 2.45) is 5.92 Å². The first-order chi connectivity index (χ1) is 10.2. The normalized spacial score (nSPS) is 28.0. The van der Waals surface area contributed by atoms with Crippen LogP contribution in [0.25, 0.3) is 5.52 Å². The van der Waals surface area contributed by atoms with Gasteiger partial charge in [-0.25, -0.2) is 4.98 Å². The quantitative estimate of drug-likeness (QED) is 0.901. The third-order valence-corrected chi connectivity index (χ3v) is 5.37. The molecule has 0 spiro atoms. The monoisotopic (exact) mass is 348 g/mol. The summed E-state index contributed by atoms with van der Waals surface area (Å²) >= 11 is 3.49. The van der Waals surface area contributed by atoms with E-state index in [-0.39, 0.29) is 11.9 Å². The number of fused-ring (bicyclic) bond motifs is 4. The molecule has 0 radical (unpaired) electrons. The molecular weight excluding hydrogens is 332 g/mol. The van der Waals surface area contributed by atoms with E-state index >= 15 is 0 Å². The average molecular weight is 349 g/mol. The first-order valence-corrected chi connectivity index (χ1v) is 8.15. The van der Waals surface area contributed by atoms with Crippen LogP contribution in [-0.4, -0.2) is 45.9 Å². The summed E-state index contributed by atoms with van der Waals surface area (Å²) in [5.41, 5.74) is 1.45. The van der Waals surface area contributed by atoms with Gasteiger partial charge in [0.25, 0.3) is 5.91 Å². The molecule has 2 aromatic heterocycles. The number of carbonyl (C=O) groups excluding carboxylic acids is 1. The van der Waals surface area contributed by atoms with Gasteiger partial charge in [0.1, 0.15) is 12.0 Å². The Labute approximate surface area is 131 Å². The molecule has 0 aromatic carbocycles. The van der Waals surface area contributed by atoms with Crippen molar-refractivity contribution in [2.75, 3.05) is 19.6 Å². The molecule has 110 valence electrons. The van der Waals surface area contributed by atoms with Gasteiger partial charge in [0.2, 0.25) is 0 Å². The summed E-state index contributed by atoms with van der Waals surface area (Å²) in [7, 11) is 0. The van der Waals surface area contributed by atoms with Gasteiger partial charge >= 0.3 is 0 Å². The Kier molecular flexibility index (Phi) is 3.23. The standard InChI is InChI=1S/C15H17BrN4O/c16-11-3-6-20-9-17-12(7-14(11)20)15(21)18-13-8-19-4-1-10(13)2-5-19/h3,6-7,9-10,13H,1-2,4-5,8H2,(H,18,21)/t13-/m0/s1. The Bertz CT molecular complexity index is 690. The summed E-state index contributed by atoms with van der Waals surface area (Å²) in [4.78, 5) is 19.1. The first-order valence-electron chi connectivity index (χ1n) is 7.36. The van der Waals surface area contributed by atoms with Gasteiger partial charge in [-0.2, -0.15) is 0 Å². The maximum atomic E-state index is 12.4. The minimum Gasteiger partial charge on any atom is -0.346 e. The van der Waals surface area contributed by atoms with E-state index in [9.17, 15) is 4.79 Å². The van der Waals surface area contributed by atoms with E-state index in [4.69, 9.17) is 0 Å². The van der Waals surface area contributed by atoms with Crippen molar-refractivity contribution in [3.05, 3.63) is 34.8 Å². The Hall–Kier alpha value is -1.40. The molecule has 5 nitrogen and oxygen atoms in total. The molecule has 0 unspecified atom stereocenters. The van der Waals surface area contributed by atoms with Gasteiger partial charge in [0.05, 0.1) is 5.52 Å². The van der Waals surface area contributed by atoms with Crippen molar-refractivity contribution in [1.29, 1.82) is 0 Å². The molecule has 2 bridgehead atoms. The number of hydrogen-bond acceptors (Lipinski definition) is 3. The lowest BCUT2D eigenvalue weighted by Gasteiger charge is -2.44. The molecule has 5 heterocycles. The third kappa shape index (κ3) is 2.36. The highest BCUT2D eigenvalue weighted by Crippen LogP contribution is 2.27. The molecule has 3 saturated heterocycles. The van der Waals surface area contributed by atoms with E-state index in [2.05, 4.69) is 31.1 Å². The van der Waals surface area contributed by atoms with Crippen molar-refractivity contribution in [3.63, 3.8) is 0 Å². The summed E-state index contributed by atoms with van der Waals surface area (Å²) in [6, 6.07) is 4.06. The largest absolute Gasteiger partial charge is 0.346 e. The van der Waals surface area contributed by atoms with Crippen LogP contribution in [0.2, 0.25) is 0 Å². The summed E-state index contributed by atoms with van der Waals surface area (Å²) in [6.07, 6.45) is 6.00.